The van der Waals surface area contributed by atoms with Crippen LogP contribution in [0.1, 0.15) is 85.5 Å². The van der Waals surface area contributed by atoms with Crippen LogP contribution in [0.25, 0.3) is 0 Å². The molecular formula is C27H41ClO2. The quantitative estimate of drug-likeness (QED) is 0.304. The molecule has 0 N–H and O–H groups in total. The summed E-state index contributed by atoms with van der Waals surface area (Å²) in [5, 5.41) is 0.365. The molecule has 30 heavy (non-hydrogen) atoms. The first-order valence-corrected chi connectivity index (χ1v) is 13.4. The van der Waals surface area contributed by atoms with E-state index in [0.29, 0.717) is 40.1 Å². The first kappa shape index (κ1) is 20.5. The minimum absolute atomic E-state index is 0.281. The summed E-state index contributed by atoms with van der Waals surface area (Å²) in [6.07, 6.45) is 14.4. The zero-order valence-corrected chi connectivity index (χ0v) is 20.2. The van der Waals surface area contributed by atoms with E-state index in [4.69, 9.17) is 21.1 Å². The van der Waals surface area contributed by atoms with Gasteiger partial charge in [0.1, 0.15) is 0 Å². The molecule has 0 amide bonds. The highest BCUT2D eigenvalue weighted by molar-refractivity contribution is 6.20. The maximum Gasteiger partial charge on any atom is 0.171 e. The zero-order chi connectivity index (χ0) is 20.9. The molecule has 0 radical (unpaired) electrons. The summed E-state index contributed by atoms with van der Waals surface area (Å²) in [6.45, 7) is 10.9. The summed E-state index contributed by atoms with van der Waals surface area (Å²) in [5.74, 6) is 4.11. The van der Waals surface area contributed by atoms with Crippen LogP contribution in [0.2, 0.25) is 0 Å². The number of hydrogen-bond acceptors (Lipinski definition) is 2. The van der Waals surface area contributed by atoms with Gasteiger partial charge in [0.2, 0.25) is 0 Å². The van der Waals surface area contributed by atoms with Gasteiger partial charge in [-0.1, -0.05) is 39.3 Å². The highest BCUT2D eigenvalue weighted by atomic mass is 35.5. The van der Waals surface area contributed by atoms with Crippen LogP contribution in [-0.4, -0.2) is 23.9 Å². The summed E-state index contributed by atoms with van der Waals surface area (Å²) in [6, 6.07) is 0. The van der Waals surface area contributed by atoms with Crippen LogP contribution in [0.15, 0.2) is 11.6 Å². The van der Waals surface area contributed by atoms with Gasteiger partial charge in [0.05, 0.1) is 12.7 Å². The van der Waals surface area contributed by atoms with Crippen LogP contribution >= 0.6 is 11.6 Å². The second-order valence-electron chi connectivity index (χ2n) is 12.6. The number of alkyl halides is 1. The third kappa shape index (κ3) is 2.62. The summed E-state index contributed by atoms with van der Waals surface area (Å²) in [4.78, 5) is 0. The Hall–Kier alpha value is -0.0500. The molecule has 5 fully saturated rings. The van der Waals surface area contributed by atoms with Gasteiger partial charge in [-0.15, -0.1) is 11.6 Å². The fourth-order valence-corrected chi connectivity index (χ4v) is 9.91. The lowest BCUT2D eigenvalue weighted by Crippen LogP contribution is -2.52. The van der Waals surface area contributed by atoms with E-state index in [1.165, 1.54) is 44.9 Å². The van der Waals surface area contributed by atoms with E-state index in [-0.39, 0.29) is 5.79 Å². The predicted octanol–water partition coefficient (Wildman–Crippen LogP) is 6.96. The molecule has 2 nitrogen and oxygen atoms in total. The normalized spacial score (nSPS) is 59.8. The van der Waals surface area contributed by atoms with E-state index in [1.54, 1.807) is 5.57 Å². The Bertz CT molecular complexity index is 739. The molecule has 3 saturated carbocycles. The average molecular weight is 433 g/mol. The van der Waals surface area contributed by atoms with E-state index in [0.717, 1.165) is 37.2 Å². The Balaban J connectivity index is 1.28. The molecule has 0 aromatic carbocycles. The van der Waals surface area contributed by atoms with Crippen molar-refractivity contribution >= 4 is 11.6 Å². The van der Waals surface area contributed by atoms with Crippen LogP contribution in [-0.2, 0) is 9.47 Å². The van der Waals surface area contributed by atoms with Crippen molar-refractivity contribution in [2.24, 2.45) is 46.3 Å². The summed E-state index contributed by atoms with van der Waals surface area (Å²) >= 11 is 6.58. The molecule has 1 spiro atoms. The Kier molecular flexibility index (Phi) is 4.61. The summed E-state index contributed by atoms with van der Waals surface area (Å²) in [5.41, 5.74) is 2.53. The second kappa shape index (κ2) is 6.73. The van der Waals surface area contributed by atoms with Gasteiger partial charge in [-0.3, -0.25) is 0 Å². The molecule has 168 valence electrons. The average Bonchev–Trinajstić information content (AvgIpc) is 3.16. The minimum atomic E-state index is -0.281. The van der Waals surface area contributed by atoms with Gasteiger partial charge < -0.3 is 9.47 Å². The minimum Gasteiger partial charge on any atom is -0.349 e. The fourth-order valence-electron chi connectivity index (χ4n) is 9.63. The van der Waals surface area contributed by atoms with Crippen molar-refractivity contribution in [2.45, 2.75) is 103 Å². The third-order valence-electron chi connectivity index (χ3n) is 11.3. The molecule has 3 heteroatoms. The van der Waals surface area contributed by atoms with E-state index < -0.39 is 0 Å². The molecule has 11 atom stereocenters. The van der Waals surface area contributed by atoms with Crippen LogP contribution in [0, 0.1) is 46.3 Å². The highest BCUT2D eigenvalue weighted by Gasteiger charge is 2.68. The molecule has 6 rings (SSSR count). The van der Waals surface area contributed by atoms with Gasteiger partial charge in [0.25, 0.3) is 0 Å². The third-order valence-corrected chi connectivity index (χ3v) is 11.7. The molecule has 2 saturated heterocycles. The first-order valence-electron chi connectivity index (χ1n) is 12.9. The molecular weight excluding hydrogens is 392 g/mol. The molecule has 6 aliphatic rings. The molecule has 0 aromatic rings. The van der Waals surface area contributed by atoms with Gasteiger partial charge >= 0.3 is 0 Å². The highest BCUT2D eigenvalue weighted by Crippen LogP contribution is 2.70. The molecule has 4 aliphatic carbocycles. The van der Waals surface area contributed by atoms with Gasteiger partial charge in [0, 0.05) is 17.7 Å². The van der Waals surface area contributed by atoms with Crippen molar-refractivity contribution in [3.8, 4) is 0 Å². The van der Waals surface area contributed by atoms with Gasteiger partial charge in [-0.2, -0.15) is 0 Å². The SMILES string of the molecule is CC1CCC2(OC1)OC1CC3C4CC=C5CC(Cl)CCC5(C)C4CCC3(C)C1C2C. The Morgan fingerprint density at radius 2 is 1.87 bits per heavy atom. The fraction of sp³-hybridized carbons (Fsp3) is 0.926. The van der Waals surface area contributed by atoms with E-state index in [9.17, 15) is 0 Å². The number of allylic oxidation sites excluding steroid dienone is 2. The van der Waals surface area contributed by atoms with Crippen LogP contribution in [0.3, 0.4) is 0 Å². The molecule has 11 unspecified atom stereocenters. The van der Waals surface area contributed by atoms with Crippen molar-refractivity contribution < 1.29 is 9.47 Å². The molecule has 2 aliphatic heterocycles. The maximum absolute atomic E-state index is 6.90. The standard InChI is InChI=1S/C27H41ClO2/c1-16-7-12-27(29-15-16)17(2)24-23(30-27)14-22-20-6-5-18-13-19(28)8-10-25(18,3)21(20)9-11-26(22,24)4/h5,16-17,19-24H,6-15H2,1-4H3. The lowest BCUT2D eigenvalue weighted by molar-refractivity contribution is -0.272. The zero-order valence-electron chi connectivity index (χ0n) is 19.5. The Morgan fingerprint density at radius 1 is 1.03 bits per heavy atom. The van der Waals surface area contributed by atoms with Crippen LogP contribution in [0.4, 0.5) is 0 Å². The summed E-state index contributed by atoms with van der Waals surface area (Å²) in [7, 11) is 0. The monoisotopic (exact) mass is 432 g/mol. The molecule has 2 heterocycles. The van der Waals surface area contributed by atoms with E-state index >= 15 is 0 Å². The summed E-state index contributed by atoms with van der Waals surface area (Å²) < 4.78 is 13.4. The number of fused-ring (bicyclic) bond motifs is 7. The van der Waals surface area contributed by atoms with Crippen molar-refractivity contribution in [1.82, 2.24) is 0 Å². The lowest BCUT2D eigenvalue weighted by Gasteiger charge is -2.58. The maximum atomic E-state index is 6.90. The van der Waals surface area contributed by atoms with E-state index in [1.807, 2.05) is 0 Å². The number of halogens is 1. The smallest absolute Gasteiger partial charge is 0.171 e. The van der Waals surface area contributed by atoms with Crippen molar-refractivity contribution in [1.29, 1.82) is 0 Å². The Labute approximate surface area is 188 Å². The van der Waals surface area contributed by atoms with Gasteiger partial charge in [0.15, 0.2) is 5.79 Å². The number of ether oxygens (including phenoxy) is 2. The van der Waals surface area contributed by atoms with Crippen LogP contribution in [0.5, 0.6) is 0 Å². The number of rotatable bonds is 0. The van der Waals surface area contributed by atoms with Gasteiger partial charge in [-0.25, -0.2) is 0 Å². The number of hydrogen-bond donors (Lipinski definition) is 0. The van der Waals surface area contributed by atoms with Gasteiger partial charge in [-0.05, 0) is 91.8 Å². The topological polar surface area (TPSA) is 18.5 Å². The first-order chi connectivity index (χ1) is 14.3. The predicted molar refractivity (Wildman–Crippen MR) is 121 cm³/mol. The van der Waals surface area contributed by atoms with Crippen molar-refractivity contribution in [3.05, 3.63) is 11.6 Å². The van der Waals surface area contributed by atoms with Crippen molar-refractivity contribution in [2.75, 3.05) is 6.61 Å². The molecule has 0 aromatic heterocycles. The lowest BCUT2D eigenvalue weighted by atomic mass is 9.47. The van der Waals surface area contributed by atoms with Crippen LogP contribution < -0.4 is 0 Å². The Morgan fingerprint density at radius 3 is 2.63 bits per heavy atom. The van der Waals surface area contributed by atoms with Crippen molar-refractivity contribution in [3.63, 3.8) is 0 Å². The largest absolute Gasteiger partial charge is 0.349 e. The molecule has 0 bridgehead atoms. The second-order valence-corrected chi connectivity index (χ2v) is 13.2. The van der Waals surface area contributed by atoms with E-state index in [2.05, 4.69) is 33.8 Å².